The first-order valence-corrected chi connectivity index (χ1v) is 6.53. The Hall–Kier alpha value is -2.12. The van der Waals surface area contributed by atoms with Crippen molar-refractivity contribution in [1.29, 1.82) is 5.26 Å². The topological polar surface area (TPSA) is 52.9 Å². The van der Waals surface area contributed by atoms with E-state index in [9.17, 15) is 4.79 Å². The Bertz CT molecular complexity index is 570. The molecule has 1 aromatic heterocycles. The smallest absolute Gasteiger partial charge is 0.224 e. The molecule has 3 nitrogen and oxygen atoms in total. The van der Waals surface area contributed by atoms with Gasteiger partial charge in [0, 0.05) is 12.1 Å². The molecular formula is C14H12N2OS. The third-order valence-corrected chi connectivity index (χ3v) is 3.23. The van der Waals surface area contributed by atoms with Gasteiger partial charge in [0.15, 0.2) is 0 Å². The maximum absolute atomic E-state index is 11.7. The molecule has 0 fully saturated rings. The van der Waals surface area contributed by atoms with Gasteiger partial charge in [0.25, 0.3) is 0 Å². The summed E-state index contributed by atoms with van der Waals surface area (Å²) in [7, 11) is 0. The molecule has 1 amide bonds. The monoisotopic (exact) mass is 256 g/mol. The fraction of sp³-hybridized carbons (Fsp3) is 0.143. The SMILES string of the molecule is N#Cc1cccc(NC(=O)CCc2ccsc2)c1. The van der Waals surface area contributed by atoms with Crippen LogP contribution in [0.4, 0.5) is 5.69 Å². The molecule has 0 bridgehead atoms. The van der Waals surface area contributed by atoms with Crippen molar-refractivity contribution in [2.75, 3.05) is 5.32 Å². The average molecular weight is 256 g/mol. The lowest BCUT2D eigenvalue weighted by atomic mass is 10.2. The molecule has 0 saturated heterocycles. The van der Waals surface area contributed by atoms with Crippen LogP contribution in [0.15, 0.2) is 41.1 Å². The summed E-state index contributed by atoms with van der Waals surface area (Å²) in [4.78, 5) is 11.7. The van der Waals surface area contributed by atoms with Gasteiger partial charge < -0.3 is 5.32 Å². The zero-order valence-corrected chi connectivity index (χ0v) is 10.5. The van der Waals surface area contributed by atoms with Crippen molar-refractivity contribution in [2.45, 2.75) is 12.8 Å². The Balaban J connectivity index is 1.89. The zero-order valence-electron chi connectivity index (χ0n) is 9.72. The van der Waals surface area contributed by atoms with Crippen LogP contribution in [0.2, 0.25) is 0 Å². The second-order valence-corrected chi connectivity index (χ2v) is 4.65. The highest BCUT2D eigenvalue weighted by Gasteiger charge is 2.04. The van der Waals surface area contributed by atoms with Gasteiger partial charge in [-0.15, -0.1) is 0 Å². The predicted molar refractivity (Wildman–Crippen MR) is 72.4 cm³/mol. The van der Waals surface area contributed by atoms with Crippen LogP contribution < -0.4 is 5.32 Å². The quantitative estimate of drug-likeness (QED) is 0.913. The predicted octanol–water partition coefficient (Wildman–Crippen LogP) is 3.19. The number of nitrogens with zero attached hydrogens (tertiary/aromatic N) is 1. The lowest BCUT2D eigenvalue weighted by Crippen LogP contribution is -2.12. The first-order valence-electron chi connectivity index (χ1n) is 5.59. The molecule has 0 spiro atoms. The second-order valence-electron chi connectivity index (χ2n) is 3.87. The summed E-state index contributed by atoms with van der Waals surface area (Å²) < 4.78 is 0. The summed E-state index contributed by atoms with van der Waals surface area (Å²) >= 11 is 1.63. The van der Waals surface area contributed by atoms with Crippen molar-refractivity contribution in [3.63, 3.8) is 0 Å². The Morgan fingerprint density at radius 1 is 1.39 bits per heavy atom. The number of nitrogens with one attached hydrogen (secondary N) is 1. The van der Waals surface area contributed by atoms with Gasteiger partial charge in [-0.3, -0.25) is 4.79 Å². The lowest BCUT2D eigenvalue weighted by Gasteiger charge is -2.04. The van der Waals surface area contributed by atoms with Crippen LogP contribution in [-0.4, -0.2) is 5.91 Å². The Labute approximate surface area is 110 Å². The maximum Gasteiger partial charge on any atom is 0.224 e. The molecule has 0 aliphatic heterocycles. The van der Waals surface area contributed by atoms with Crippen molar-refractivity contribution in [3.8, 4) is 6.07 Å². The van der Waals surface area contributed by atoms with E-state index >= 15 is 0 Å². The number of aryl methyl sites for hydroxylation is 1. The third-order valence-electron chi connectivity index (χ3n) is 2.50. The number of amides is 1. The number of benzene rings is 1. The highest BCUT2D eigenvalue weighted by molar-refractivity contribution is 7.07. The first-order chi connectivity index (χ1) is 8.78. The van der Waals surface area contributed by atoms with Crippen LogP contribution in [-0.2, 0) is 11.2 Å². The average Bonchev–Trinajstić information content (AvgIpc) is 2.90. The Morgan fingerprint density at radius 3 is 3.00 bits per heavy atom. The fourth-order valence-corrected chi connectivity index (χ4v) is 2.29. The number of thiophene rings is 1. The molecule has 90 valence electrons. The van der Waals surface area contributed by atoms with E-state index in [0.717, 1.165) is 6.42 Å². The lowest BCUT2D eigenvalue weighted by molar-refractivity contribution is -0.116. The van der Waals surface area contributed by atoms with Gasteiger partial charge in [-0.1, -0.05) is 6.07 Å². The van der Waals surface area contributed by atoms with E-state index in [2.05, 4.69) is 5.32 Å². The maximum atomic E-state index is 11.7. The van der Waals surface area contributed by atoms with Crippen molar-refractivity contribution in [2.24, 2.45) is 0 Å². The van der Waals surface area contributed by atoms with Crippen LogP contribution >= 0.6 is 11.3 Å². The van der Waals surface area contributed by atoms with E-state index < -0.39 is 0 Å². The third kappa shape index (κ3) is 3.44. The molecule has 1 N–H and O–H groups in total. The number of hydrogen-bond donors (Lipinski definition) is 1. The number of rotatable bonds is 4. The van der Waals surface area contributed by atoms with E-state index in [1.807, 2.05) is 22.9 Å². The van der Waals surface area contributed by atoms with Crippen LogP contribution in [0.1, 0.15) is 17.5 Å². The number of nitriles is 1. The molecule has 4 heteroatoms. The molecule has 0 aliphatic carbocycles. The van der Waals surface area contributed by atoms with Crippen LogP contribution in [0.5, 0.6) is 0 Å². The van der Waals surface area contributed by atoms with Gasteiger partial charge in [-0.2, -0.15) is 16.6 Å². The fourth-order valence-electron chi connectivity index (χ4n) is 1.58. The molecule has 0 aliphatic rings. The highest BCUT2D eigenvalue weighted by Crippen LogP contribution is 2.12. The molecule has 18 heavy (non-hydrogen) atoms. The molecule has 1 heterocycles. The number of carbonyl (C=O) groups is 1. The van der Waals surface area contributed by atoms with Crippen LogP contribution in [0.3, 0.4) is 0 Å². The minimum Gasteiger partial charge on any atom is -0.326 e. The van der Waals surface area contributed by atoms with Gasteiger partial charge in [-0.05, 0) is 47.0 Å². The molecule has 0 radical (unpaired) electrons. The molecule has 0 saturated carbocycles. The highest BCUT2D eigenvalue weighted by atomic mass is 32.1. The number of hydrogen-bond acceptors (Lipinski definition) is 3. The van der Waals surface area contributed by atoms with Crippen molar-refractivity contribution in [3.05, 3.63) is 52.2 Å². The van der Waals surface area contributed by atoms with Gasteiger partial charge in [-0.25, -0.2) is 0 Å². The summed E-state index contributed by atoms with van der Waals surface area (Å²) in [6.07, 6.45) is 1.20. The zero-order chi connectivity index (χ0) is 12.8. The molecule has 2 aromatic rings. The normalized spacial score (nSPS) is 9.72. The van der Waals surface area contributed by atoms with E-state index in [0.29, 0.717) is 17.7 Å². The van der Waals surface area contributed by atoms with E-state index in [1.54, 1.807) is 35.6 Å². The van der Waals surface area contributed by atoms with Crippen LogP contribution in [0, 0.1) is 11.3 Å². The molecule has 2 rings (SSSR count). The van der Waals surface area contributed by atoms with Crippen LogP contribution in [0.25, 0.3) is 0 Å². The van der Waals surface area contributed by atoms with Crippen molar-refractivity contribution in [1.82, 2.24) is 0 Å². The summed E-state index contributed by atoms with van der Waals surface area (Å²) in [5.41, 5.74) is 2.40. The number of carbonyl (C=O) groups excluding carboxylic acids is 1. The summed E-state index contributed by atoms with van der Waals surface area (Å²) in [5.74, 6) is -0.0312. The van der Waals surface area contributed by atoms with Crippen molar-refractivity contribution < 1.29 is 4.79 Å². The van der Waals surface area contributed by atoms with Gasteiger partial charge in [0.05, 0.1) is 11.6 Å². The molecular weight excluding hydrogens is 244 g/mol. The first kappa shape index (κ1) is 12.3. The van der Waals surface area contributed by atoms with Gasteiger partial charge in [0.2, 0.25) is 5.91 Å². The second kappa shape index (κ2) is 5.99. The largest absolute Gasteiger partial charge is 0.326 e. The molecule has 1 aromatic carbocycles. The van der Waals surface area contributed by atoms with Crippen molar-refractivity contribution >= 4 is 22.9 Å². The summed E-state index contributed by atoms with van der Waals surface area (Å²) in [6, 6.07) is 11.0. The molecule has 0 unspecified atom stereocenters. The van der Waals surface area contributed by atoms with E-state index in [1.165, 1.54) is 5.56 Å². The molecule has 0 atom stereocenters. The van der Waals surface area contributed by atoms with Gasteiger partial charge >= 0.3 is 0 Å². The standard InChI is InChI=1S/C14H12N2OS/c15-9-12-2-1-3-13(8-12)16-14(17)5-4-11-6-7-18-10-11/h1-3,6-8,10H,4-5H2,(H,16,17). The van der Waals surface area contributed by atoms with E-state index in [4.69, 9.17) is 5.26 Å². The van der Waals surface area contributed by atoms with Gasteiger partial charge in [0.1, 0.15) is 0 Å². The Morgan fingerprint density at radius 2 is 2.28 bits per heavy atom. The summed E-state index contributed by atoms with van der Waals surface area (Å²) in [5, 5.41) is 15.6. The minimum absolute atomic E-state index is 0.0312. The summed E-state index contributed by atoms with van der Waals surface area (Å²) in [6.45, 7) is 0. The number of anilines is 1. The van der Waals surface area contributed by atoms with E-state index in [-0.39, 0.29) is 5.91 Å². The minimum atomic E-state index is -0.0312. The Kier molecular flexibility index (Phi) is 4.11.